The van der Waals surface area contributed by atoms with E-state index >= 15 is 0 Å². The molecule has 1 aliphatic rings. The van der Waals surface area contributed by atoms with Gasteiger partial charge in [0.2, 0.25) is 0 Å². The van der Waals surface area contributed by atoms with Crippen molar-refractivity contribution in [2.45, 2.75) is 19.2 Å². The lowest BCUT2D eigenvalue weighted by Crippen LogP contribution is -2.44. The summed E-state index contributed by atoms with van der Waals surface area (Å²) in [6.07, 6.45) is 0. The number of benzene rings is 2. The van der Waals surface area contributed by atoms with Crippen molar-refractivity contribution in [1.29, 1.82) is 0 Å². The van der Waals surface area contributed by atoms with Gasteiger partial charge in [-0.3, -0.25) is 10.0 Å². The van der Waals surface area contributed by atoms with E-state index in [-0.39, 0.29) is 25.7 Å². The second kappa shape index (κ2) is 8.24. The third-order valence-corrected chi connectivity index (χ3v) is 4.53. The van der Waals surface area contributed by atoms with Crippen LogP contribution in [0.3, 0.4) is 0 Å². The molecule has 1 heterocycles. The van der Waals surface area contributed by atoms with E-state index in [2.05, 4.69) is 5.32 Å². The number of hydroxylamine groups is 1. The number of carbonyl (C=O) groups is 2. The molecule has 0 saturated carbocycles. The Bertz CT molecular complexity index is 847. The summed E-state index contributed by atoms with van der Waals surface area (Å²) in [6.45, 7) is 0.518. The third-order valence-electron chi connectivity index (χ3n) is 4.18. The van der Waals surface area contributed by atoms with Gasteiger partial charge in [-0.2, -0.15) is 0 Å². The number of halogens is 2. The Hall–Kier alpha value is -2.84. The summed E-state index contributed by atoms with van der Waals surface area (Å²) in [4.78, 5) is 24.8. The van der Waals surface area contributed by atoms with Crippen molar-refractivity contribution >= 4 is 23.5 Å². The van der Waals surface area contributed by atoms with Crippen molar-refractivity contribution in [3.05, 3.63) is 64.4 Å². The second-order valence-electron chi connectivity index (χ2n) is 5.97. The Morgan fingerprint density at radius 3 is 2.74 bits per heavy atom. The van der Waals surface area contributed by atoms with Crippen molar-refractivity contribution < 1.29 is 23.9 Å². The zero-order chi connectivity index (χ0) is 19.4. The van der Waals surface area contributed by atoms with Crippen LogP contribution in [-0.2, 0) is 17.9 Å². The summed E-state index contributed by atoms with van der Waals surface area (Å²) in [5.41, 5.74) is 3.01. The van der Waals surface area contributed by atoms with Gasteiger partial charge in [-0.25, -0.2) is 14.7 Å². The maximum absolute atomic E-state index is 13.1. The molecule has 1 fully saturated rings. The van der Waals surface area contributed by atoms with Gasteiger partial charge < -0.3 is 15.0 Å². The largest absolute Gasteiger partial charge is 0.489 e. The molecule has 7 nitrogen and oxygen atoms in total. The molecule has 0 aliphatic carbocycles. The van der Waals surface area contributed by atoms with E-state index in [9.17, 15) is 14.0 Å². The summed E-state index contributed by atoms with van der Waals surface area (Å²) < 4.78 is 18.7. The predicted octanol–water partition coefficient (Wildman–Crippen LogP) is 2.46. The van der Waals surface area contributed by atoms with Crippen molar-refractivity contribution in [3.8, 4) is 5.75 Å². The predicted molar refractivity (Wildman–Crippen MR) is 94.8 cm³/mol. The Morgan fingerprint density at radius 2 is 2.07 bits per heavy atom. The molecule has 27 heavy (non-hydrogen) atoms. The normalized spacial score (nSPS) is 16.2. The molecule has 0 radical (unpaired) electrons. The first-order valence-electron chi connectivity index (χ1n) is 8.12. The Balaban J connectivity index is 1.61. The van der Waals surface area contributed by atoms with E-state index < -0.39 is 17.8 Å². The first-order valence-corrected chi connectivity index (χ1v) is 8.50. The minimum absolute atomic E-state index is 0.130. The van der Waals surface area contributed by atoms with Crippen LogP contribution >= 0.6 is 11.6 Å². The van der Waals surface area contributed by atoms with Crippen molar-refractivity contribution in [2.24, 2.45) is 0 Å². The maximum atomic E-state index is 13.1. The average molecular weight is 394 g/mol. The van der Waals surface area contributed by atoms with Crippen molar-refractivity contribution in [2.75, 3.05) is 6.54 Å². The first kappa shape index (κ1) is 18.9. The molecule has 142 valence electrons. The molecule has 1 aliphatic heterocycles. The second-order valence-corrected chi connectivity index (χ2v) is 6.38. The number of carbonyl (C=O) groups excluding carboxylic acids is 2. The number of ether oxygens (including phenoxy) is 1. The lowest BCUT2D eigenvalue weighted by atomic mass is 10.1. The standard InChI is InChI=1S/C18H17ClFN3O4/c19-15-7-13(20)4-3-12(15)10-27-14-5-1-11(2-6-14)9-23-16(17(24)22-26)8-21-18(23)25/h1-7,16,26H,8-10H2,(H,21,25)(H,22,24)/t16-/m1/s1. The molecule has 3 rings (SSSR count). The zero-order valence-corrected chi connectivity index (χ0v) is 14.9. The molecule has 1 atom stereocenters. The van der Waals surface area contributed by atoms with Crippen molar-refractivity contribution in [1.82, 2.24) is 15.7 Å². The first-order chi connectivity index (χ1) is 13.0. The molecule has 0 unspecified atom stereocenters. The van der Waals surface area contributed by atoms with E-state index in [1.54, 1.807) is 35.8 Å². The van der Waals surface area contributed by atoms with Crippen LogP contribution in [0.25, 0.3) is 0 Å². The molecule has 9 heteroatoms. The summed E-state index contributed by atoms with van der Waals surface area (Å²) in [5.74, 6) is -0.480. The topological polar surface area (TPSA) is 90.9 Å². The van der Waals surface area contributed by atoms with Gasteiger partial charge in [-0.1, -0.05) is 29.8 Å². The Kier molecular flexibility index (Phi) is 5.78. The van der Waals surface area contributed by atoms with Gasteiger partial charge in [0.1, 0.15) is 24.2 Å². The number of hydrogen-bond acceptors (Lipinski definition) is 4. The van der Waals surface area contributed by atoms with E-state index in [1.807, 2.05) is 0 Å². The van der Waals surface area contributed by atoms with Gasteiger partial charge in [-0.15, -0.1) is 0 Å². The maximum Gasteiger partial charge on any atom is 0.318 e. The molecule has 0 aromatic heterocycles. The lowest BCUT2D eigenvalue weighted by Gasteiger charge is -2.21. The zero-order valence-electron chi connectivity index (χ0n) is 14.1. The highest BCUT2D eigenvalue weighted by Crippen LogP contribution is 2.21. The average Bonchev–Trinajstić information content (AvgIpc) is 3.02. The van der Waals surface area contributed by atoms with Crippen LogP contribution in [-0.4, -0.2) is 34.6 Å². The number of rotatable bonds is 6. The van der Waals surface area contributed by atoms with Crippen LogP contribution in [0.2, 0.25) is 5.02 Å². The van der Waals surface area contributed by atoms with Crippen LogP contribution < -0.4 is 15.5 Å². The van der Waals surface area contributed by atoms with Crippen LogP contribution in [0.15, 0.2) is 42.5 Å². The summed E-state index contributed by atoms with van der Waals surface area (Å²) >= 11 is 5.97. The van der Waals surface area contributed by atoms with E-state index in [4.69, 9.17) is 21.5 Å². The molecule has 3 amide bonds. The molecule has 3 N–H and O–H groups in total. The fourth-order valence-corrected chi connectivity index (χ4v) is 2.94. The van der Waals surface area contributed by atoms with E-state index in [1.165, 1.54) is 17.0 Å². The van der Waals surface area contributed by atoms with Gasteiger partial charge in [-0.05, 0) is 29.8 Å². The monoisotopic (exact) mass is 393 g/mol. The fraction of sp³-hybridized carbons (Fsp3) is 0.222. The lowest BCUT2D eigenvalue weighted by molar-refractivity contribution is -0.133. The van der Waals surface area contributed by atoms with Gasteiger partial charge in [0, 0.05) is 18.7 Å². The molecular weight excluding hydrogens is 377 g/mol. The van der Waals surface area contributed by atoms with Crippen LogP contribution in [0.5, 0.6) is 5.75 Å². The number of amides is 3. The number of nitrogens with zero attached hydrogens (tertiary/aromatic N) is 1. The van der Waals surface area contributed by atoms with Crippen LogP contribution in [0, 0.1) is 5.82 Å². The molecule has 0 spiro atoms. The van der Waals surface area contributed by atoms with Gasteiger partial charge in [0.15, 0.2) is 0 Å². The molecule has 2 aromatic carbocycles. The summed E-state index contributed by atoms with van der Waals surface area (Å²) in [7, 11) is 0. The molecule has 0 bridgehead atoms. The number of hydrogen-bond donors (Lipinski definition) is 3. The summed E-state index contributed by atoms with van der Waals surface area (Å²) in [6, 6.07) is 9.92. The van der Waals surface area contributed by atoms with Crippen LogP contribution in [0.4, 0.5) is 9.18 Å². The Morgan fingerprint density at radius 1 is 1.33 bits per heavy atom. The summed E-state index contributed by atoms with van der Waals surface area (Å²) in [5, 5.41) is 11.6. The molecule has 2 aromatic rings. The minimum atomic E-state index is -0.779. The highest BCUT2D eigenvalue weighted by molar-refractivity contribution is 6.31. The van der Waals surface area contributed by atoms with E-state index in [0.717, 1.165) is 5.56 Å². The van der Waals surface area contributed by atoms with Crippen molar-refractivity contribution in [3.63, 3.8) is 0 Å². The fourth-order valence-electron chi connectivity index (χ4n) is 2.72. The smallest absolute Gasteiger partial charge is 0.318 e. The van der Waals surface area contributed by atoms with E-state index in [0.29, 0.717) is 16.3 Å². The quantitative estimate of drug-likeness (QED) is 0.519. The molecule has 1 saturated heterocycles. The minimum Gasteiger partial charge on any atom is -0.489 e. The highest BCUT2D eigenvalue weighted by atomic mass is 35.5. The Labute approximate surface area is 159 Å². The highest BCUT2D eigenvalue weighted by Gasteiger charge is 2.35. The SMILES string of the molecule is O=C(NO)[C@H]1CNC(=O)N1Cc1ccc(OCc2ccc(F)cc2Cl)cc1. The number of nitrogens with one attached hydrogen (secondary N) is 2. The molecular formula is C18H17ClFN3O4. The number of urea groups is 1. The van der Waals surface area contributed by atoms with Crippen LogP contribution in [0.1, 0.15) is 11.1 Å². The van der Waals surface area contributed by atoms with Gasteiger partial charge in [0.25, 0.3) is 5.91 Å². The van der Waals surface area contributed by atoms with Gasteiger partial charge in [0.05, 0.1) is 5.02 Å². The third kappa shape index (κ3) is 4.47. The van der Waals surface area contributed by atoms with Gasteiger partial charge >= 0.3 is 6.03 Å².